The largest absolute Gasteiger partial charge is 0.465 e. The van der Waals surface area contributed by atoms with Crippen molar-refractivity contribution in [2.75, 3.05) is 6.61 Å². The summed E-state index contributed by atoms with van der Waals surface area (Å²) in [7, 11) is 0. The van der Waals surface area contributed by atoms with Crippen molar-refractivity contribution in [3.8, 4) is 0 Å². The van der Waals surface area contributed by atoms with Gasteiger partial charge in [0.15, 0.2) is 0 Å². The molecule has 0 heterocycles. The molecule has 0 saturated heterocycles. The summed E-state index contributed by atoms with van der Waals surface area (Å²) < 4.78 is 5.10. The fourth-order valence-corrected chi connectivity index (χ4v) is 1.76. The molecule has 0 aromatic heterocycles. The lowest BCUT2D eigenvalue weighted by molar-refractivity contribution is -0.144. The van der Waals surface area contributed by atoms with E-state index in [0.717, 1.165) is 38.5 Å². The van der Waals surface area contributed by atoms with Gasteiger partial charge in [-0.05, 0) is 25.2 Å². The normalized spacial score (nSPS) is 13.7. The number of hydrogen-bond donors (Lipinski definition) is 1. The SMILES string of the molecule is CCCCC(CCC(C)COC(=O)CC)NC=O. The number of ether oxygens (including phenoxy) is 1. The lowest BCUT2D eigenvalue weighted by Gasteiger charge is -2.18. The first-order valence-corrected chi connectivity index (χ1v) is 6.99. The van der Waals surface area contributed by atoms with Gasteiger partial charge in [-0.3, -0.25) is 9.59 Å². The molecule has 4 nitrogen and oxygen atoms in total. The zero-order valence-corrected chi connectivity index (χ0v) is 11.9. The summed E-state index contributed by atoms with van der Waals surface area (Å²) >= 11 is 0. The lowest BCUT2D eigenvalue weighted by atomic mass is 9.99. The number of rotatable bonds is 11. The Morgan fingerprint density at radius 1 is 1.28 bits per heavy atom. The molecule has 4 heteroatoms. The number of nitrogens with one attached hydrogen (secondary N) is 1. The Kier molecular flexibility index (Phi) is 10.4. The molecule has 0 aliphatic heterocycles. The van der Waals surface area contributed by atoms with Gasteiger partial charge in [-0.2, -0.15) is 0 Å². The maximum Gasteiger partial charge on any atom is 0.305 e. The summed E-state index contributed by atoms with van der Waals surface area (Å²) in [4.78, 5) is 21.5. The number of carbonyl (C=O) groups excluding carboxylic acids is 2. The van der Waals surface area contributed by atoms with E-state index in [1.807, 2.05) is 0 Å². The number of esters is 1. The molecule has 0 aromatic rings. The minimum absolute atomic E-state index is 0.143. The van der Waals surface area contributed by atoms with Gasteiger partial charge in [0.2, 0.25) is 6.41 Å². The quantitative estimate of drug-likeness (QED) is 0.457. The van der Waals surface area contributed by atoms with E-state index >= 15 is 0 Å². The van der Waals surface area contributed by atoms with Crippen LogP contribution < -0.4 is 5.32 Å². The molecule has 2 atom stereocenters. The average Bonchev–Trinajstić information content (AvgIpc) is 2.39. The Bertz CT molecular complexity index is 231. The van der Waals surface area contributed by atoms with Crippen LogP contribution in [0.4, 0.5) is 0 Å². The van der Waals surface area contributed by atoms with E-state index in [4.69, 9.17) is 4.74 Å². The fourth-order valence-electron chi connectivity index (χ4n) is 1.76. The van der Waals surface area contributed by atoms with Gasteiger partial charge in [0.05, 0.1) is 6.61 Å². The van der Waals surface area contributed by atoms with Crippen molar-refractivity contribution in [2.24, 2.45) is 5.92 Å². The maximum atomic E-state index is 11.0. The highest BCUT2D eigenvalue weighted by Gasteiger charge is 2.11. The Balaban J connectivity index is 3.79. The minimum Gasteiger partial charge on any atom is -0.465 e. The lowest BCUT2D eigenvalue weighted by Crippen LogP contribution is -2.28. The van der Waals surface area contributed by atoms with Gasteiger partial charge in [0, 0.05) is 12.5 Å². The van der Waals surface area contributed by atoms with Crippen molar-refractivity contribution in [3.63, 3.8) is 0 Å². The number of amides is 1. The zero-order chi connectivity index (χ0) is 13.8. The van der Waals surface area contributed by atoms with Gasteiger partial charge < -0.3 is 10.1 Å². The van der Waals surface area contributed by atoms with Crippen LogP contribution in [0.2, 0.25) is 0 Å². The topological polar surface area (TPSA) is 55.4 Å². The molecule has 2 unspecified atom stereocenters. The fraction of sp³-hybridized carbons (Fsp3) is 0.857. The number of unbranched alkanes of at least 4 members (excludes halogenated alkanes) is 1. The van der Waals surface area contributed by atoms with Crippen LogP contribution in [0.25, 0.3) is 0 Å². The molecule has 1 N–H and O–H groups in total. The first kappa shape index (κ1) is 16.9. The molecule has 0 bridgehead atoms. The van der Waals surface area contributed by atoms with Crippen LogP contribution in [-0.2, 0) is 14.3 Å². The van der Waals surface area contributed by atoms with Crippen LogP contribution >= 0.6 is 0 Å². The Morgan fingerprint density at radius 3 is 2.56 bits per heavy atom. The highest BCUT2D eigenvalue weighted by atomic mass is 16.5. The monoisotopic (exact) mass is 257 g/mol. The highest BCUT2D eigenvalue weighted by molar-refractivity contribution is 5.68. The Hall–Kier alpha value is -1.06. The molecular formula is C14H27NO3. The first-order chi connectivity index (χ1) is 8.63. The molecule has 0 spiro atoms. The summed E-state index contributed by atoms with van der Waals surface area (Å²) in [5.74, 6) is 0.202. The van der Waals surface area contributed by atoms with Crippen LogP contribution in [0.5, 0.6) is 0 Å². The maximum absolute atomic E-state index is 11.0. The predicted octanol–water partition coefficient (Wildman–Crippen LogP) is 2.66. The van der Waals surface area contributed by atoms with Crippen molar-refractivity contribution in [2.45, 2.75) is 65.3 Å². The molecule has 0 radical (unpaired) electrons. The second kappa shape index (κ2) is 11.1. The van der Waals surface area contributed by atoms with E-state index in [0.29, 0.717) is 18.9 Å². The zero-order valence-electron chi connectivity index (χ0n) is 11.9. The molecular weight excluding hydrogens is 230 g/mol. The summed E-state index contributed by atoms with van der Waals surface area (Å²) in [5, 5.41) is 2.86. The standard InChI is InChI=1S/C14H27NO3/c1-4-6-7-13(15-11-16)9-8-12(3)10-18-14(17)5-2/h11-13H,4-10H2,1-3H3,(H,15,16). The third-order valence-electron chi connectivity index (χ3n) is 3.04. The molecule has 0 saturated carbocycles. The second-order valence-corrected chi connectivity index (χ2v) is 4.84. The van der Waals surface area contributed by atoms with Crippen molar-refractivity contribution >= 4 is 12.4 Å². The van der Waals surface area contributed by atoms with Crippen LogP contribution in [0, 0.1) is 5.92 Å². The van der Waals surface area contributed by atoms with Crippen LogP contribution in [0.3, 0.4) is 0 Å². The van der Waals surface area contributed by atoms with Gasteiger partial charge in [-0.25, -0.2) is 0 Å². The Labute approximate surface area is 110 Å². The van der Waals surface area contributed by atoms with E-state index in [9.17, 15) is 9.59 Å². The summed E-state index contributed by atoms with van der Waals surface area (Å²) in [6, 6.07) is 0.256. The molecule has 0 rings (SSSR count). The predicted molar refractivity (Wildman–Crippen MR) is 72.2 cm³/mol. The van der Waals surface area contributed by atoms with Crippen LogP contribution in [0.15, 0.2) is 0 Å². The highest BCUT2D eigenvalue weighted by Crippen LogP contribution is 2.12. The molecule has 18 heavy (non-hydrogen) atoms. The minimum atomic E-state index is -0.143. The van der Waals surface area contributed by atoms with Crippen molar-refractivity contribution in [3.05, 3.63) is 0 Å². The summed E-state index contributed by atoms with van der Waals surface area (Å²) in [6.07, 6.45) is 6.42. The van der Waals surface area contributed by atoms with Crippen molar-refractivity contribution in [1.82, 2.24) is 5.32 Å². The average molecular weight is 257 g/mol. The van der Waals surface area contributed by atoms with Gasteiger partial charge in [0.25, 0.3) is 0 Å². The van der Waals surface area contributed by atoms with Gasteiger partial charge in [-0.15, -0.1) is 0 Å². The summed E-state index contributed by atoms with van der Waals surface area (Å²) in [6.45, 7) is 6.49. The third-order valence-corrected chi connectivity index (χ3v) is 3.04. The van der Waals surface area contributed by atoms with E-state index in [1.54, 1.807) is 6.92 Å². The third kappa shape index (κ3) is 9.02. The van der Waals surface area contributed by atoms with Gasteiger partial charge in [0.1, 0.15) is 0 Å². The van der Waals surface area contributed by atoms with E-state index < -0.39 is 0 Å². The van der Waals surface area contributed by atoms with Gasteiger partial charge in [-0.1, -0.05) is 33.6 Å². The first-order valence-electron chi connectivity index (χ1n) is 6.99. The number of hydrogen-bond acceptors (Lipinski definition) is 3. The van der Waals surface area contributed by atoms with Crippen molar-refractivity contribution < 1.29 is 14.3 Å². The van der Waals surface area contributed by atoms with E-state index in [1.165, 1.54) is 0 Å². The smallest absolute Gasteiger partial charge is 0.305 e. The van der Waals surface area contributed by atoms with Crippen LogP contribution in [-0.4, -0.2) is 25.0 Å². The second-order valence-electron chi connectivity index (χ2n) is 4.84. The molecule has 1 amide bonds. The molecule has 106 valence electrons. The van der Waals surface area contributed by atoms with E-state index in [-0.39, 0.29) is 12.0 Å². The molecule has 0 fully saturated rings. The van der Waals surface area contributed by atoms with Crippen molar-refractivity contribution in [1.29, 1.82) is 0 Å². The molecule has 0 aromatic carbocycles. The van der Waals surface area contributed by atoms with Crippen LogP contribution in [0.1, 0.15) is 59.3 Å². The van der Waals surface area contributed by atoms with Gasteiger partial charge >= 0.3 is 5.97 Å². The number of carbonyl (C=O) groups is 2. The molecule has 0 aliphatic carbocycles. The Morgan fingerprint density at radius 2 is 2.00 bits per heavy atom. The summed E-state index contributed by atoms with van der Waals surface area (Å²) in [5.41, 5.74) is 0. The molecule has 0 aliphatic rings. The van der Waals surface area contributed by atoms with E-state index in [2.05, 4.69) is 19.2 Å².